The molecule has 0 aliphatic rings. The molecule has 0 spiro atoms. The maximum absolute atomic E-state index is 12.4. The van der Waals surface area contributed by atoms with Gasteiger partial charge in [-0.05, 0) is 18.6 Å². The van der Waals surface area contributed by atoms with E-state index in [0.29, 0.717) is 6.54 Å². The lowest BCUT2D eigenvalue weighted by Crippen LogP contribution is -2.37. The molecule has 0 radical (unpaired) electrons. The molecule has 0 aliphatic carbocycles. The van der Waals surface area contributed by atoms with Crippen molar-refractivity contribution in [3.05, 3.63) is 0 Å². The van der Waals surface area contributed by atoms with Crippen LogP contribution in [0.1, 0.15) is 85.0 Å². The minimum Gasteiger partial charge on any atom is -0.436 e. The van der Waals surface area contributed by atoms with Crippen LogP contribution in [-0.4, -0.2) is 41.6 Å². The topological polar surface area (TPSA) is 41.9 Å². The van der Waals surface area contributed by atoms with Gasteiger partial charge in [-0.1, -0.05) is 89.8 Å². The van der Waals surface area contributed by atoms with Crippen LogP contribution in [0.4, 0.5) is 4.79 Å². The Bertz CT molecular complexity index is 419. The molecule has 0 bridgehead atoms. The Morgan fingerprint density at radius 2 is 1.62 bits per heavy atom. The Morgan fingerprint density at radius 3 is 2.19 bits per heavy atom. The lowest BCUT2D eigenvalue weighted by Gasteiger charge is -2.22. The van der Waals surface area contributed by atoms with Gasteiger partial charge in [0.1, 0.15) is 0 Å². The first-order valence-corrected chi connectivity index (χ1v) is 11.2. The van der Waals surface area contributed by atoms with Gasteiger partial charge in [-0.2, -0.15) is 0 Å². The van der Waals surface area contributed by atoms with E-state index in [-0.39, 0.29) is 12.7 Å². The van der Waals surface area contributed by atoms with E-state index in [1.807, 2.05) is 0 Å². The summed E-state index contributed by atoms with van der Waals surface area (Å²) in [7, 11) is 0. The standard InChI is InChI=1S/C21H38N2O2S/c1-5-9-11-13-15-17-22-20(26-8-4)23(21(24)25-19-7-3)18-16-14-12-10-6-2/h3H,5-6,8-19H2,1-2,4H3. The Morgan fingerprint density at radius 1 is 1.00 bits per heavy atom. The second-order valence-corrected chi connectivity index (χ2v) is 7.57. The number of carbonyl (C=O) groups excluding carboxylic acids is 1. The first kappa shape index (κ1) is 24.8. The molecule has 0 N–H and O–H groups in total. The number of nitrogens with zero attached hydrogens (tertiary/aromatic N) is 2. The van der Waals surface area contributed by atoms with Crippen molar-refractivity contribution < 1.29 is 9.53 Å². The van der Waals surface area contributed by atoms with Crippen LogP contribution in [0.25, 0.3) is 0 Å². The third-order valence-electron chi connectivity index (χ3n) is 4.00. The number of unbranched alkanes of at least 4 members (excludes halogenated alkanes) is 8. The van der Waals surface area contributed by atoms with Gasteiger partial charge in [0.05, 0.1) is 0 Å². The van der Waals surface area contributed by atoms with E-state index in [9.17, 15) is 4.79 Å². The normalized spacial score (nSPS) is 11.2. The van der Waals surface area contributed by atoms with Crippen LogP contribution in [0.5, 0.6) is 0 Å². The average Bonchev–Trinajstić information content (AvgIpc) is 2.65. The highest BCUT2D eigenvalue weighted by Crippen LogP contribution is 2.14. The first-order valence-electron chi connectivity index (χ1n) is 10.3. The molecule has 0 fully saturated rings. The highest BCUT2D eigenvalue weighted by Gasteiger charge is 2.20. The molecule has 0 aromatic heterocycles. The number of terminal acetylenes is 1. The highest BCUT2D eigenvalue weighted by molar-refractivity contribution is 8.13. The number of ether oxygens (including phenoxy) is 1. The van der Waals surface area contributed by atoms with Gasteiger partial charge >= 0.3 is 6.09 Å². The van der Waals surface area contributed by atoms with Crippen LogP contribution in [0.15, 0.2) is 4.99 Å². The van der Waals surface area contributed by atoms with Gasteiger partial charge in [0.25, 0.3) is 0 Å². The number of hydrogen-bond donors (Lipinski definition) is 0. The SMILES string of the molecule is C#CCOC(=O)N(CCCCCCC)C(=NCCCCCCC)SCC. The summed E-state index contributed by atoms with van der Waals surface area (Å²) in [6.07, 6.45) is 16.6. The van der Waals surface area contributed by atoms with E-state index < -0.39 is 0 Å². The summed E-state index contributed by atoms with van der Waals surface area (Å²) in [5.41, 5.74) is 0. The molecule has 0 saturated heterocycles. The van der Waals surface area contributed by atoms with Gasteiger partial charge in [-0.3, -0.25) is 9.89 Å². The van der Waals surface area contributed by atoms with E-state index in [2.05, 4.69) is 26.7 Å². The zero-order valence-corrected chi connectivity index (χ0v) is 17.9. The van der Waals surface area contributed by atoms with Crippen LogP contribution in [0.2, 0.25) is 0 Å². The summed E-state index contributed by atoms with van der Waals surface area (Å²) >= 11 is 1.61. The fourth-order valence-electron chi connectivity index (χ4n) is 2.55. The maximum Gasteiger partial charge on any atom is 0.416 e. The smallest absolute Gasteiger partial charge is 0.416 e. The number of rotatable bonds is 14. The molecule has 0 atom stereocenters. The molecule has 0 aliphatic heterocycles. The number of amides is 1. The zero-order chi connectivity index (χ0) is 19.5. The predicted molar refractivity (Wildman–Crippen MR) is 115 cm³/mol. The summed E-state index contributed by atoms with van der Waals surface area (Å²) in [6.45, 7) is 7.91. The molecule has 0 saturated carbocycles. The Labute approximate surface area is 165 Å². The van der Waals surface area contributed by atoms with Gasteiger partial charge in [0, 0.05) is 13.1 Å². The molecule has 4 nitrogen and oxygen atoms in total. The number of amidine groups is 1. The second kappa shape index (κ2) is 18.6. The molecule has 0 rings (SSSR count). The molecule has 0 aromatic carbocycles. The van der Waals surface area contributed by atoms with E-state index in [1.54, 1.807) is 16.7 Å². The molecule has 150 valence electrons. The van der Waals surface area contributed by atoms with E-state index >= 15 is 0 Å². The summed E-state index contributed by atoms with van der Waals surface area (Å²) in [5.74, 6) is 3.24. The molecule has 1 amide bonds. The molecule has 5 heteroatoms. The fourth-order valence-corrected chi connectivity index (χ4v) is 3.31. The van der Waals surface area contributed by atoms with Crippen LogP contribution in [-0.2, 0) is 4.74 Å². The van der Waals surface area contributed by atoms with Crippen LogP contribution in [0.3, 0.4) is 0 Å². The summed E-state index contributed by atoms with van der Waals surface area (Å²) in [5, 5.41) is 0.778. The second-order valence-electron chi connectivity index (χ2n) is 6.34. The third-order valence-corrected chi connectivity index (χ3v) is 4.89. The molecular formula is C21H38N2O2S. The van der Waals surface area contributed by atoms with Crippen molar-refractivity contribution in [2.75, 3.05) is 25.4 Å². The Hall–Kier alpha value is -1.15. The zero-order valence-electron chi connectivity index (χ0n) is 17.1. The molecule has 0 aromatic rings. The number of aliphatic imine (C=N–C) groups is 1. The summed E-state index contributed by atoms with van der Waals surface area (Å²) < 4.78 is 5.17. The van der Waals surface area contributed by atoms with E-state index in [4.69, 9.17) is 16.2 Å². The van der Waals surface area contributed by atoms with Crippen LogP contribution in [0, 0.1) is 12.3 Å². The average molecular weight is 383 g/mol. The maximum atomic E-state index is 12.4. The number of thioether (sulfide) groups is 1. The van der Waals surface area contributed by atoms with E-state index in [1.165, 1.54) is 44.9 Å². The fraction of sp³-hybridized carbons (Fsp3) is 0.810. The van der Waals surface area contributed by atoms with Crippen LogP contribution >= 0.6 is 11.8 Å². The van der Waals surface area contributed by atoms with Gasteiger partial charge in [-0.25, -0.2) is 4.79 Å². The minimum absolute atomic E-state index is 0.00621. The van der Waals surface area contributed by atoms with Crippen LogP contribution < -0.4 is 0 Å². The molecule has 0 heterocycles. The predicted octanol–water partition coefficient (Wildman–Crippen LogP) is 6.11. The van der Waals surface area contributed by atoms with E-state index in [0.717, 1.165) is 36.7 Å². The van der Waals surface area contributed by atoms with Crippen molar-refractivity contribution in [1.82, 2.24) is 4.90 Å². The monoisotopic (exact) mass is 382 g/mol. The molecule has 0 unspecified atom stereocenters. The summed E-state index contributed by atoms with van der Waals surface area (Å²) in [6, 6.07) is 0. The van der Waals surface area contributed by atoms with Crippen molar-refractivity contribution in [3.63, 3.8) is 0 Å². The van der Waals surface area contributed by atoms with Crippen molar-refractivity contribution in [1.29, 1.82) is 0 Å². The van der Waals surface area contributed by atoms with Crippen molar-refractivity contribution >= 4 is 23.0 Å². The van der Waals surface area contributed by atoms with Crippen molar-refractivity contribution in [2.45, 2.75) is 85.0 Å². The van der Waals surface area contributed by atoms with Gasteiger partial charge in [-0.15, -0.1) is 6.42 Å². The molecular weight excluding hydrogens is 344 g/mol. The number of carbonyl (C=O) groups is 1. The van der Waals surface area contributed by atoms with Crippen molar-refractivity contribution in [3.8, 4) is 12.3 Å². The van der Waals surface area contributed by atoms with Gasteiger partial charge < -0.3 is 4.74 Å². The largest absolute Gasteiger partial charge is 0.436 e. The van der Waals surface area contributed by atoms with Gasteiger partial charge in [0.2, 0.25) is 0 Å². The summed E-state index contributed by atoms with van der Waals surface area (Å²) in [4.78, 5) is 18.8. The Balaban J connectivity index is 4.73. The Kier molecular flexibility index (Phi) is 17.8. The first-order chi connectivity index (χ1) is 12.7. The number of hydrogen-bond acceptors (Lipinski definition) is 4. The lowest BCUT2D eigenvalue weighted by atomic mass is 10.1. The minimum atomic E-state index is -0.371. The lowest BCUT2D eigenvalue weighted by molar-refractivity contribution is 0.135. The van der Waals surface area contributed by atoms with Crippen molar-refractivity contribution in [2.24, 2.45) is 4.99 Å². The highest BCUT2D eigenvalue weighted by atomic mass is 32.2. The third kappa shape index (κ3) is 13.1. The van der Waals surface area contributed by atoms with Gasteiger partial charge in [0.15, 0.2) is 11.8 Å². The quantitative estimate of drug-likeness (QED) is 0.157. The molecule has 26 heavy (non-hydrogen) atoms.